The Labute approximate surface area is 272 Å². The van der Waals surface area contributed by atoms with E-state index in [0.29, 0.717) is 80.1 Å². The summed E-state index contributed by atoms with van der Waals surface area (Å²) in [5.41, 5.74) is 5.39. The number of carbonyl (C=O) groups excluding carboxylic acids is 2. The summed E-state index contributed by atoms with van der Waals surface area (Å²) in [5, 5.41) is 3.48. The molecular formula is C35H39FN2O7S. The summed E-state index contributed by atoms with van der Waals surface area (Å²) in [6, 6.07) is 17.2. The number of benzene rings is 3. The summed E-state index contributed by atoms with van der Waals surface area (Å²) in [5.74, 6) is -0.115. The minimum absolute atomic E-state index is 0.247. The maximum Gasteiger partial charge on any atom is 0.337 e. The van der Waals surface area contributed by atoms with Crippen molar-refractivity contribution in [2.75, 3.05) is 64.3 Å². The molecule has 1 aliphatic carbocycles. The molecule has 0 radical (unpaired) electrons. The van der Waals surface area contributed by atoms with Crippen LogP contribution in [0.1, 0.15) is 50.6 Å². The lowest BCUT2D eigenvalue weighted by atomic mass is 10.0. The molecule has 46 heavy (non-hydrogen) atoms. The zero-order valence-electron chi connectivity index (χ0n) is 26.3. The van der Waals surface area contributed by atoms with Crippen molar-refractivity contribution in [3.05, 3.63) is 88.7 Å². The molecule has 11 heteroatoms. The molecule has 1 N–H and O–H groups in total. The van der Waals surface area contributed by atoms with Gasteiger partial charge in [-0.05, 0) is 72.4 Å². The molecule has 1 aromatic heterocycles. The van der Waals surface area contributed by atoms with Gasteiger partial charge in [-0.2, -0.15) is 0 Å². The van der Waals surface area contributed by atoms with Gasteiger partial charge in [-0.1, -0.05) is 24.1 Å². The van der Waals surface area contributed by atoms with Crippen molar-refractivity contribution in [2.45, 2.75) is 25.4 Å². The Bertz CT molecular complexity index is 1620. The summed E-state index contributed by atoms with van der Waals surface area (Å²) >= 11 is 1.61. The minimum Gasteiger partial charge on any atom is -0.465 e. The first-order chi connectivity index (χ1) is 22.4. The normalized spacial score (nSPS) is 12.8. The van der Waals surface area contributed by atoms with Crippen molar-refractivity contribution in [1.29, 1.82) is 0 Å². The van der Waals surface area contributed by atoms with Gasteiger partial charge in [0.25, 0.3) is 5.91 Å². The summed E-state index contributed by atoms with van der Waals surface area (Å²) in [6.07, 6.45) is 4.22. The van der Waals surface area contributed by atoms with Gasteiger partial charge in [-0.3, -0.25) is 4.79 Å². The Morgan fingerprint density at radius 2 is 1.63 bits per heavy atom. The smallest absolute Gasteiger partial charge is 0.337 e. The van der Waals surface area contributed by atoms with E-state index in [1.807, 2.05) is 24.5 Å². The molecule has 244 valence electrons. The van der Waals surface area contributed by atoms with E-state index in [-0.39, 0.29) is 17.7 Å². The number of methoxy groups -OCH3 is 1. The lowest BCUT2D eigenvalue weighted by Crippen LogP contribution is -2.22. The predicted molar refractivity (Wildman–Crippen MR) is 177 cm³/mol. The van der Waals surface area contributed by atoms with Gasteiger partial charge in [0.05, 0.1) is 70.1 Å². The number of fused-ring (bicyclic) bond motifs is 1. The third-order valence-electron chi connectivity index (χ3n) is 7.73. The van der Waals surface area contributed by atoms with Gasteiger partial charge in [0.1, 0.15) is 17.2 Å². The largest absolute Gasteiger partial charge is 0.465 e. The fourth-order valence-electron chi connectivity index (χ4n) is 5.18. The van der Waals surface area contributed by atoms with E-state index in [1.54, 1.807) is 43.3 Å². The van der Waals surface area contributed by atoms with Crippen molar-refractivity contribution in [2.24, 2.45) is 0 Å². The van der Waals surface area contributed by atoms with E-state index in [1.165, 1.54) is 24.8 Å². The number of hydrogen-bond donors (Lipinski definition) is 1. The van der Waals surface area contributed by atoms with E-state index in [0.717, 1.165) is 29.5 Å². The zero-order chi connectivity index (χ0) is 32.5. The highest BCUT2D eigenvalue weighted by atomic mass is 32.2. The lowest BCUT2D eigenvalue weighted by Gasteiger charge is -2.24. The number of hydrogen-bond acceptors (Lipinski definition) is 9. The van der Waals surface area contributed by atoms with E-state index in [4.69, 9.17) is 23.4 Å². The zero-order valence-corrected chi connectivity index (χ0v) is 27.1. The molecule has 1 heterocycles. The maximum atomic E-state index is 13.6. The van der Waals surface area contributed by atoms with Gasteiger partial charge < -0.3 is 33.0 Å². The molecule has 0 bridgehead atoms. The van der Waals surface area contributed by atoms with Crippen LogP contribution in [0.15, 0.2) is 65.1 Å². The van der Waals surface area contributed by atoms with Crippen molar-refractivity contribution in [3.8, 4) is 11.3 Å². The number of esters is 1. The van der Waals surface area contributed by atoms with Crippen LogP contribution in [0.3, 0.4) is 0 Å². The highest BCUT2D eigenvalue weighted by Gasteiger charge is 2.31. The standard InChI is InChI=1S/C35H39FN2O7S/c1-37-34(39)32-29-20-28(24-8-9-24)30(21-31(29)45-33(32)25-10-12-27(36)13-11-25)38(46-3)14-15-42-16-17-43-18-19-44-22-23-4-6-26(7-5-23)35(40)41-2/h4-7,10-13,20-21,24H,8-9,14-19,22H2,1-3H3,(H,37,39). The summed E-state index contributed by atoms with van der Waals surface area (Å²) in [7, 11) is 2.95. The van der Waals surface area contributed by atoms with E-state index < -0.39 is 0 Å². The summed E-state index contributed by atoms with van der Waals surface area (Å²) < 4.78 is 44.0. The molecule has 9 nitrogen and oxygen atoms in total. The highest BCUT2D eigenvalue weighted by Crippen LogP contribution is 2.48. The van der Waals surface area contributed by atoms with Gasteiger partial charge in [-0.15, -0.1) is 0 Å². The molecule has 0 saturated heterocycles. The van der Waals surface area contributed by atoms with Gasteiger partial charge in [-0.25, -0.2) is 9.18 Å². The van der Waals surface area contributed by atoms with E-state index in [2.05, 4.69) is 15.7 Å². The Hall–Kier alpha value is -3.90. The third kappa shape index (κ3) is 8.27. The average Bonchev–Trinajstić information content (AvgIpc) is 3.87. The summed E-state index contributed by atoms with van der Waals surface area (Å²) in [4.78, 5) is 24.5. The van der Waals surface area contributed by atoms with Crippen LogP contribution in [0.5, 0.6) is 0 Å². The number of carbonyl (C=O) groups is 2. The lowest BCUT2D eigenvalue weighted by molar-refractivity contribution is 0.0121. The Kier molecular flexibility index (Phi) is 11.7. The van der Waals surface area contributed by atoms with Crippen molar-refractivity contribution in [1.82, 2.24) is 5.32 Å². The van der Waals surface area contributed by atoms with Crippen LogP contribution in [0.25, 0.3) is 22.3 Å². The van der Waals surface area contributed by atoms with Crippen molar-refractivity contribution in [3.63, 3.8) is 0 Å². The van der Waals surface area contributed by atoms with Crippen LogP contribution < -0.4 is 9.62 Å². The van der Waals surface area contributed by atoms with Crippen LogP contribution in [0, 0.1) is 5.82 Å². The first-order valence-corrected chi connectivity index (χ1v) is 16.4. The average molecular weight is 651 g/mol. The highest BCUT2D eigenvalue weighted by molar-refractivity contribution is 7.99. The van der Waals surface area contributed by atoms with Crippen molar-refractivity contribution >= 4 is 40.5 Å². The molecular weight excluding hydrogens is 611 g/mol. The molecule has 0 aliphatic heterocycles. The molecule has 4 aromatic rings. The monoisotopic (exact) mass is 650 g/mol. The predicted octanol–water partition coefficient (Wildman–Crippen LogP) is 6.60. The number of amides is 1. The Balaban J connectivity index is 1.13. The number of anilines is 1. The maximum absolute atomic E-state index is 13.6. The van der Waals surface area contributed by atoms with E-state index >= 15 is 0 Å². The second-order valence-corrected chi connectivity index (χ2v) is 11.6. The molecule has 3 aromatic carbocycles. The number of halogens is 1. The van der Waals surface area contributed by atoms with Crippen LogP contribution in [0.2, 0.25) is 0 Å². The van der Waals surface area contributed by atoms with Crippen LogP contribution >= 0.6 is 11.9 Å². The Morgan fingerprint density at radius 3 is 2.26 bits per heavy atom. The molecule has 0 unspecified atom stereocenters. The third-order valence-corrected chi connectivity index (χ3v) is 8.55. The number of nitrogens with zero attached hydrogens (tertiary/aromatic N) is 1. The molecule has 5 rings (SSSR count). The minimum atomic E-state index is -0.363. The van der Waals surface area contributed by atoms with Crippen LogP contribution in [-0.2, 0) is 25.6 Å². The van der Waals surface area contributed by atoms with E-state index in [9.17, 15) is 14.0 Å². The second-order valence-electron chi connectivity index (χ2n) is 10.8. The number of rotatable bonds is 17. The van der Waals surface area contributed by atoms with Gasteiger partial charge in [0.15, 0.2) is 0 Å². The van der Waals surface area contributed by atoms with Gasteiger partial charge >= 0.3 is 5.97 Å². The topological polar surface area (TPSA) is 99.5 Å². The SMILES string of the molecule is CNC(=O)c1c(-c2ccc(F)cc2)oc2cc(N(CCOCCOCCOCc3ccc(C(=O)OC)cc3)SC)c(C3CC3)cc12. The second kappa shape index (κ2) is 16.1. The molecule has 1 saturated carbocycles. The molecule has 0 spiro atoms. The Morgan fingerprint density at radius 1 is 0.957 bits per heavy atom. The number of nitrogens with one attached hydrogen (secondary N) is 1. The van der Waals surface area contributed by atoms with Gasteiger partial charge in [0, 0.05) is 30.3 Å². The first-order valence-electron chi connectivity index (χ1n) is 15.2. The molecule has 0 atom stereocenters. The first kappa shape index (κ1) is 33.5. The van der Waals surface area contributed by atoms with Gasteiger partial charge in [0.2, 0.25) is 0 Å². The fourth-order valence-corrected chi connectivity index (χ4v) is 5.80. The number of furan rings is 1. The molecule has 1 aliphatic rings. The summed E-state index contributed by atoms with van der Waals surface area (Å²) in [6.45, 7) is 3.40. The van der Waals surface area contributed by atoms with Crippen LogP contribution in [0.4, 0.5) is 10.1 Å². The van der Waals surface area contributed by atoms with Crippen molar-refractivity contribution < 1.29 is 37.3 Å². The van der Waals surface area contributed by atoms with Crippen LogP contribution in [-0.4, -0.2) is 71.9 Å². The molecule has 1 amide bonds. The quantitative estimate of drug-likeness (QED) is 0.0770. The molecule has 1 fully saturated rings. The fraction of sp³-hybridized carbons (Fsp3) is 0.371. The number of ether oxygens (including phenoxy) is 4.